The zero-order valence-electron chi connectivity index (χ0n) is 12.3. The van der Waals surface area contributed by atoms with Crippen LogP contribution >= 0.6 is 0 Å². The van der Waals surface area contributed by atoms with E-state index in [9.17, 15) is 4.79 Å². The molecule has 0 aromatic carbocycles. The molecule has 2 rings (SSSR count). The van der Waals surface area contributed by atoms with E-state index in [2.05, 4.69) is 4.98 Å². The highest BCUT2D eigenvalue weighted by atomic mass is 16.2. The molecule has 0 spiro atoms. The second-order valence-electron chi connectivity index (χ2n) is 5.86. The SMILES string of the molecule is CN(Cc1ccccn1)C(=O)C(N)CC1CCCCC1. The first-order valence-electron chi connectivity index (χ1n) is 7.57. The predicted octanol–water partition coefficient (Wildman–Crippen LogP) is 2.34. The van der Waals surface area contributed by atoms with Gasteiger partial charge in [-0.2, -0.15) is 0 Å². The van der Waals surface area contributed by atoms with Gasteiger partial charge >= 0.3 is 0 Å². The quantitative estimate of drug-likeness (QED) is 0.897. The minimum absolute atomic E-state index is 0.0289. The highest BCUT2D eigenvalue weighted by Gasteiger charge is 2.23. The molecule has 1 aliphatic carbocycles. The highest BCUT2D eigenvalue weighted by Crippen LogP contribution is 2.27. The van der Waals surface area contributed by atoms with Crippen molar-refractivity contribution in [3.05, 3.63) is 30.1 Å². The summed E-state index contributed by atoms with van der Waals surface area (Å²) in [6, 6.07) is 5.37. The molecule has 1 heterocycles. The lowest BCUT2D eigenvalue weighted by atomic mass is 9.85. The Morgan fingerprint density at radius 2 is 2.15 bits per heavy atom. The third-order valence-corrected chi connectivity index (χ3v) is 4.13. The van der Waals surface area contributed by atoms with Gasteiger partial charge in [-0.3, -0.25) is 9.78 Å². The standard InChI is InChI=1S/C16H25N3O/c1-19(12-14-9-5-6-10-18-14)16(20)15(17)11-13-7-3-2-4-8-13/h5-6,9-10,13,15H,2-4,7-8,11-12,17H2,1H3. The first-order valence-corrected chi connectivity index (χ1v) is 7.57. The Kier molecular flexibility index (Phi) is 5.53. The van der Waals surface area contributed by atoms with Crippen LogP contribution in [0.4, 0.5) is 0 Å². The van der Waals surface area contributed by atoms with Crippen LogP contribution in [0.15, 0.2) is 24.4 Å². The van der Waals surface area contributed by atoms with E-state index in [-0.39, 0.29) is 11.9 Å². The largest absolute Gasteiger partial charge is 0.339 e. The van der Waals surface area contributed by atoms with E-state index in [1.54, 1.807) is 18.1 Å². The van der Waals surface area contributed by atoms with Crippen molar-refractivity contribution in [2.45, 2.75) is 51.1 Å². The molecule has 0 saturated heterocycles. The van der Waals surface area contributed by atoms with E-state index in [0.29, 0.717) is 12.5 Å². The molecule has 1 saturated carbocycles. The number of hydrogen-bond donors (Lipinski definition) is 1. The van der Waals surface area contributed by atoms with Crippen LogP contribution in [0.3, 0.4) is 0 Å². The molecule has 4 heteroatoms. The van der Waals surface area contributed by atoms with Crippen LogP contribution < -0.4 is 5.73 Å². The Bertz CT molecular complexity index is 415. The molecule has 20 heavy (non-hydrogen) atoms. The van der Waals surface area contributed by atoms with E-state index < -0.39 is 0 Å². The van der Waals surface area contributed by atoms with Gasteiger partial charge in [0, 0.05) is 13.2 Å². The van der Waals surface area contributed by atoms with Crippen molar-refractivity contribution in [1.29, 1.82) is 0 Å². The van der Waals surface area contributed by atoms with Gasteiger partial charge < -0.3 is 10.6 Å². The van der Waals surface area contributed by atoms with Gasteiger partial charge in [0.25, 0.3) is 0 Å². The first kappa shape index (κ1) is 15.0. The van der Waals surface area contributed by atoms with Gasteiger partial charge in [-0.15, -0.1) is 0 Å². The summed E-state index contributed by atoms with van der Waals surface area (Å²) in [6.07, 6.45) is 8.93. The average molecular weight is 275 g/mol. The third kappa shape index (κ3) is 4.30. The molecule has 1 fully saturated rings. The average Bonchev–Trinajstić information content (AvgIpc) is 2.48. The van der Waals surface area contributed by atoms with Crippen LogP contribution in [0.25, 0.3) is 0 Å². The van der Waals surface area contributed by atoms with Crippen molar-refractivity contribution < 1.29 is 4.79 Å². The summed E-state index contributed by atoms with van der Waals surface area (Å²) in [5, 5.41) is 0. The molecule has 1 aromatic heterocycles. The molecule has 4 nitrogen and oxygen atoms in total. The Morgan fingerprint density at radius 3 is 2.80 bits per heavy atom. The van der Waals surface area contributed by atoms with Crippen molar-refractivity contribution in [2.75, 3.05) is 7.05 Å². The Balaban J connectivity index is 1.82. The van der Waals surface area contributed by atoms with Gasteiger partial charge in [0.15, 0.2) is 0 Å². The van der Waals surface area contributed by atoms with Crippen LogP contribution in [0.2, 0.25) is 0 Å². The fourth-order valence-corrected chi connectivity index (χ4v) is 2.98. The van der Waals surface area contributed by atoms with Crippen molar-refractivity contribution in [3.8, 4) is 0 Å². The number of nitrogens with zero attached hydrogens (tertiary/aromatic N) is 2. The second kappa shape index (κ2) is 7.39. The van der Waals surface area contributed by atoms with Gasteiger partial charge in [-0.05, 0) is 24.5 Å². The van der Waals surface area contributed by atoms with Crippen molar-refractivity contribution in [3.63, 3.8) is 0 Å². The lowest BCUT2D eigenvalue weighted by Crippen LogP contribution is -2.42. The summed E-state index contributed by atoms with van der Waals surface area (Å²) in [5.74, 6) is 0.659. The van der Waals surface area contributed by atoms with Gasteiger partial charge in [0.05, 0.1) is 18.3 Å². The molecular weight excluding hydrogens is 250 g/mol. The van der Waals surface area contributed by atoms with Crippen LogP contribution in [0.1, 0.15) is 44.2 Å². The number of nitrogens with two attached hydrogens (primary N) is 1. The van der Waals surface area contributed by atoms with Crippen molar-refractivity contribution in [1.82, 2.24) is 9.88 Å². The minimum atomic E-state index is -0.369. The number of aromatic nitrogens is 1. The normalized spacial score (nSPS) is 17.7. The molecule has 110 valence electrons. The Labute approximate surface area is 121 Å². The summed E-state index contributed by atoms with van der Waals surface area (Å²) in [6.45, 7) is 0.526. The summed E-state index contributed by atoms with van der Waals surface area (Å²) >= 11 is 0. The molecule has 0 aliphatic heterocycles. The Hall–Kier alpha value is -1.42. The van der Waals surface area contributed by atoms with Gasteiger partial charge in [-0.1, -0.05) is 38.2 Å². The molecule has 1 unspecified atom stereocenters. The number of amides is 1. The Morgan fingerprint density at radius 1 is 1.40 bits per heavy atom. The summed E-state index contributed by atoms with van der Waals surface area (Å²) in [7, 11) is 1.80. The maximum atomic E-state index is 12.3. The minimum Gasteiger partial charge on any atom is -0.339 e. The molecule has 1 atom stereocenters. The number of carbonyl (C=O) groups excluding carboxylic acids is 1. The molecule has 1 aromatic rings. The number of hydrogen-bond acceptors (Lipinski definition) is 3. The van der Waals surface area contributed by atoms with Crippen LogP contribution in [-0.4, -0.2) is 28.9 Å². The molecule has 2 N–H and O–H groups in total. The third-order valence-electron chi connectivity index (χ3n) is 4.13. The second-order valence-corrected chi connectivity index (χ2v) is 5.86. The zero-order valence-corrected chi connectivity index (χ0v) is 12.3. The lowest BCUT2D eigenvalue weighted by molar-refractivity contribution is -0.132. The maximum Gasteiger partial charge on any atom is 0.239 e. The first-order chi connectivity index (χ1) is 9.66. The topological polar surface area (TPSA) is 59.2 Å². The monoisotopic (exact) mass is 275 g/mol. The van der Waals surface area contributed by atoms with E-state index in [1.165, 1.54) is 32.1 Å². The summed E-state index contributed by atoms with van der Waals surface area (Å²) in [5.41, 5.74) is 6.99. The number of rotatable bonds is 5. The molecule has 1 aliphatic rings. The van der Waals surface area contributed by atoms with E-state index in [0.717, 1.165) is 12.1 Å². The van der Waals surface area contributed by atoms with E-state index in [1.807, 2.05) is 18.2 Å². The predicted molar refractivity (Wildman–Crippen MR) is 79.9 cm³/mol. The molecule has 0 radical (unpaired) electrons. The molecule has 1 amide bonds. The lowest BCUT2D eigenvalue weighted by Gasteiger charge is -2.26. The number of likely N-dealkylation sites (N-methyl/N-ethyl adjacent to an activating group) is 1. The number of carbonyl (C=O) groups is 1. The van der Waals surface area contributed by atoms with Crippen molar-refractivity contribution in [2.24, 2.45) is 11.7 Å². The maximum absolute atomic E-state index is 12.3. The molecular formula is C16H25N3O. The van der Waals surface area contributed by atoms with Gasteiger partial charge in [0.2, 0.25) is 5.91 Å². The smallest absolute Gasteiger partial charge is 0.239 e. The molecule has 0 bridgehead atoms. The van der Waals surface area contributed by atoms with Crippen LogP contribution in [0.5, 0.6) is 0 Å². The van der Waals surface area contributed by atoms with E-state index >= 15 is 0 Å². The van der Waals surface area contributed by atoms with Crippen molar-refractivity contribution >= 4 is 5.91 Å². The van der Waals surface area contributed by atoms with Gasteiger partial charge in [0.1, 0.15) is 0 Å². The highest BCUT2D eigenvalue weighted by molar-refractivity contribution is 5.81. The zero-order chi connectivity index (χ0) is 14.4. The van der Waals surface area contributed by atoms with E-state index in [4.69, 9.17) is 5.73 Å². The van der Waals surface area contributed by atoms with Crippen LogP contribution in [-0.2, 0) is 11.3 Å². The number of pyridine rings is 1. The fourth-order valence-electron chi connectivity index (χ4n) is 2.98. The summed E-state index contributed by atoms with van der Waals surface area (Å²) in [4.78, 5) is 18.2. The fraction of sp³-hybridized carbons (Fsp3) is 0.625. The summed E-state index contributed by atoms with van der Waals surface area (Å²) < 4.78 is 0. The van der Waals surface area contributed by atoms with Gasteiger partial charge in [-0.25, -0.2) is 0 Å². The van der Waals surface area contributed by atoms with Crippen LogP contribution in [0, 0.1) is 5.92 Å².